The molecule has 1 aliphatic carbocycles. The number of hydrogen-bond acceptors (Lipinski definition) is 5. The van der Waals surface area contributed by atoms with Gasteiger partial charge in [0.25, 0.3) is 0 Å². The molecule has 1 saturated carbocycles. The van der Waals surface area contributed by atoms with E-state index in [-0.39, 0.29) is 17.6 Å². The molecule has 0 unspecified atom stereocenters. The number of rotatable bonds is 5. The highest BCUT2D eigenvalue weighted by molar-refractivity contribution is 5.81. The van der Waals surface area contributed by atoms with Crippen LogP contribution in [0.15, 0.2) is 12.1 Å². The van der Waals surface area contributed by atoms with Crippen molar-refractivity contribution in [3.05, 3.63) is 17.7 Å². The van der Waals surface area contributed by atoms with Crippen LogP contribution in [0.25, 0.3) is 0 Å². The number of carbonyl (C=O) groups excluding carboxylic acids is 2. The molecule has 0 saturated heterocycles. The predicted octanol–water partition coefficient (Wildman–Crippen LogP) is 3.00. The number of hydrogen-bond donors (Lipinski definition) is 0. The molecule has 0 radical (unpaired) electrons. The molecule has 0 amide bonds. The van der Waals surface area contributed by atoms with Crippen LogP contribution >= 0.6 is 0 Å². The van der Waals surface area contributed by atoms with Gasteiger partial charge in [-0.25, -0.2) is 0 Å². The predicted molar refractivity (Wildman–Crippen MR) is 77.1 cm³/mol. The lowest BCUT2D eigenvalue weighted by atomic mass is 9.89. The standard InChI is InChI=1S/C16H20O5/c1-19-13-8-11(10-17)9-14(20-2)15(13)21-16(18)12-6-4-3-5-7-12/h8-10,12H,3-7H2,1-2H3. The van der Waals surface area contributed by atoms with Crippen molar-refractivity contribution in [1.29, 1.82) is 0 Å². The Morgan fingerprint density at radius 1 is 1.10 bits per heavy atom. The van der Waals surface area contributed by atoms with E-state index in [4.69, 9.17) is 14.2 Å². The van der Waals surface area contributed by atoms with E-state index in [9.17, 15) is 9.59 Å². The highest BCUT2D eigenvalue weighted by Crippen LogP contribution is 2.39. The van der Waals surface area contributed by atoms with Crippen molar-refractivity contribution < 1.29 is 23.8 Å². The molecule has 2 rings (SSSR count). The van der Waals surface area contributed by atoms with E-state index >= 15 is 0 Å². The molecule has 0 N–H and O–H groups in total. The molecule has 5 nitrogen and oxygen atoms in total. The highest BCUT2D eigenvalue weighted by Gasteiger charge is 2.26. The highest BCUT2D eigenvalue weighted by atomic mass is 16.6. The summed E-state index contributed by atoms with van der Waals surface area (Å²) in [5.41, 5.74) is 0.404. The van der Waals surface area contributed by atoms with Crippen LogP contribution in [0.1, 0.15) is 42.5 Å². The van der Waals surface area contributed by atoms with Gasteiger partial charge in [0.15, 0.2) is 11.5 Å². The first kappa shape index (κ1) is 15.4. The summed E-state index contributed by atoms with van der Waals surface area (Å²) in [6.07, 6.45) is 5.68. The smallest absolute Gasteiger partial charge is 0.314 e. The summed E-state index contributed by atoms with van der Waals surface area (Å²) >= 11 is 0. The molecule has 114 valence electrons. The first-order valence-electron chi connectivity index (χ1n) is 7.12. The van der Waals surface area contributed by atoms with E-state index in [1.165, 1.54) is 32.8 Å². The summed E-state index contributed by atoms with van der Waals surface area (Å²) in [6, 6.07) is 3.05. The van der Waals surface area contributed by atoms with Crippen molar-refractivity contribution in [1.82, 2.24) is 0 Å². The van der Waals surface area contributed by atoms with Gasteiger partial charge in [0, 0.05) is 5.56 Å². The van der Waals surface area contributed by atoms with Crippen LogP contribution in [0.2, 0.25) is 0 Å². The average molecular weight is 292 g/mol. The second kappa shape index (κ2) is 7.11. The normalized spacial score (nSPS) is 15.3. The van der Waals surface area contributed by atoms with Gasteiger partial charge in [-0.05, 0) is 25.0 Å². The molecule has 0 aliphatic heterocycles. The fourth-order valence-corrected chi connectivity index (χ4v) is 2.59. The Labute approximate surface area is 124 Å². The van der Waals surface area contributed by atoms with Gasteiger partial charge in [-0.3, -0.25) is 9.59 Å². The number of aldehydes is 1. The molecule has 0 atom stereocenters. The van der Waals surface area contributed by atoms with Gasteiger partial charge >= 0.3 is 5.97 Å². The number of benzene rings is 1. The van der Waals surface area contributed by atoms with Crippen LogP contribution in [0.5, 0.6) is 17.2 Å². The molecular weight excluding hydrogens is 272 g/mol. The van der Waals surface area contributed by atoms with E-state index in [0.29, 0.717) is 23.3 Å². The molecule has 1 aromatic carbocycles. The lowest BCUT2D eigenvalue weighted by Gasteiger charge is -2.21. The lowest BCUT2D eigenvalue weighted by molar-refractivity contribution is -0.140. The lowest BCUT2D eigenvalue weighted by Crippen LogP contribution is -2.23. The van der Waals surface area contributed by atoms with Gasteiger partial charge in [-0.15, -0.1) is 0 Å². The topological polar surface area (TPSA) is 61.8 Å². The van der Waals surface area contributed by atoms with E-state index in [1.54, 1.807) is 0 Å². The Balaban J connectivity index is 2.24. The Hall–Kier alpha value is -2.04. The zero-order chi connectivity index (χ0) is 15.2. The number of esters is 1. The van der Waals surface area contributed by atoms with Crippen LogP contribution in [0.3, 0.4) is 0 Å². The first-order valence-corrected chi connectivity index (χ1v) is 7.12. The number of carbonyl (C=O) groups is 2. The largest absolute Gasteiger partial charge is 0.493 e. The molecule has 1 aliphatic rings. The molecule has 5 heteroatoms. The summed E-state index contributed by atoms with van der Waals surface area (Å²) < 4.78 is 15.9. The van der Waals surface area contributed by atoms with Gasteiger partial charge < -0.3 is 14.2 Å². The zero-order valence-electron chi connectivity index (χ0n) is 12.4. The number of methoxy groups -OCH3 is 2. The van der Waals surface area contributed by atoms with Gasteiger partial charge in [-0.2, -0.15) is 0 Å². The van der Waals surface area contributed by atoms with Crippen molar-refractivity contribution in [2.75, 3.05) is 14.2 Å². The molecule has 0 aromatic heterocycles. The third-order valence-corrected chi connectivity index (χ3v) is 3.76. The van der Waals surface area contributed by atoms with Crippen LogP contribution in [-0.2, 0) is 4.79 Å². The van der Waals surface area contributed by atoms with Crippen LogP contribution in [-0.4, -0.2) is 26.5 Å². The second-order valence-corrected chi connectivity index (χ2v) is 5.13. The Morgan fingerprint density at radius 3 is 2.14 bits per heavy atom. The van der Waals surface area contributed by atoms with E-state index in [2.05, 4.69) is 0 Å². The quantitative estimate of drug-likeness (QED) is 0.474. The maximum absolute atomic E-state index is 12.3. The molecule has 1 fully saturated rings. The minimum Gasteiger partial charge on any atom is -0.493 e. The Kier molecular flexibility index (Phi) is 5.20. The summed E-state index contributed by atoms with van der Waals surface area (Å²) in [4.78, 5) is 23.2. The average Bonchev–Trinajstić information content (AvgIpc) is 2.55. The van der Waals surface area contributed by atoms with Gasteiger partial charge in [0.1, 0.15) is 6.29 Å². The molecule has 0 heterocycles. The second-order valence-electron chi connectivity index (χ2n) is 5.13. The molecule has 0 bridgehead atoms. The maximum Gasteiger partial charge on any atom is 0.314 e. The van der Waals surface area contributed by atoms with Crippen molar-refractivity contribution in [2.24, 2.45) is 5.92 Å². The van der Waals surface area contributed by atoms with E-state index in [1.807, 2.05) is 0 Å². The Morgan fingerprint density at radius 2 is 1.67 bits per heavy atom. The summed E-state index contributed by atoms with van der Waals surface area (Å²) in [5, 5.41) is 0. The third kappa shape index (κ3) is 3.54. The SMILES string of the molecule is COc1cc(C=O)cc(OC)c1OC(=O)C1CCCCC1. The minimum atomic E-state index is -0.259. The third-order valence-electron chi connectivity index (χ3n) is 3.76. The molecule has 21 heavy (non-hydrogen) atoms. The molecular formula is C16H20O5. The van der Waals surface area contributed by atoms with Crippen molar-refractivity contribution in [2.45, 2.75) is 32.1 Å². The number of ether oxygens (including phenoxy) is 3. The van der Waals surface area contributed by atoms with Gasteiger partial charge in [-0.1, -0.05) is 19.3 Å². The van der Waals surface area contributed by atoms with Crippen molar-refractivity contribution in [3.63, 3.8) is 0 Å². The van der Waals surface area contributed by atoms with Crippen LogP contribution < -0.4 is 14.2 Å². The van der Waals surface area contributed by atoms with Crippen molar-refractivity contribution in [3.8, 4) is 17.2 Å². The monoisotopic (exact) mass is 292 g/mol. The summed E-state index contributed by atoms with van der Waals surface area (Å²) in [5.74, 6) is 0.548. The minimum absolute atomic E-state index is 0.0705. The zero-order valence-corrected chi connectivity index (χ0v) is 12.4. The molecule has 0 spiro atoms. The van der Waals surface area contributed by atoms with Gasteiger partial charge in [0.2, 0.25) is 5.75 Å². The first-order chi connectivity index (χ1) is 10.2. The van der Waals surface area contributed by atoms with Gasteiger partial charge in [0.05, 0.1) is 20.1 Å². The maximum atomic E-state index is 12.3. The van der Waals surface area contributed by atoms with Crippen LogP contribution in [0, 0.1) is 5.92 Å². The van der Waals surface area contributed by atoms with Crippen molar-refractivity contribution >= 4 is 12.3 Å². The molecule has 1 aromatic rings. The summed E-state index contributed by atoms with van der Waals surface area (Å²) in [6.45, 7) is 0. The van der Waals surface area contributed by atoms with Crippen LogP contribution in [0.4, 0.5) is 0 Å². The fourth-order valence-electron chi connectivity index (χ4n) is 2.59. The Bertz CT molecular complexity index is 492. The summed E-state index contributed by atoms with van der Waals surface area (Å²) in [7, 11) is 2.92. The van der Waals surface area contributed by atoms with E-state index in [0.717, 1.165) is 25.7 Å². The van der Waals surface area contributed by atoms with E-state index < -0.39 is 0 Å². The fraction of sp³-hybridized carbons (Fsp3) is 0.500.